The lowest BCUT2D eigenvalue weighted by atomic mass is 10.2. The Kier molecular flexibility index (Phi) is 9.20. The molecule has 1 saturated heterocycles. The molecule has 1 aromatic carbocycles. The molecule has 11 heteroatoms. The number of thiocarbonyl (C=S) groups is 1. The molecule has 1 heterocycles. The fourth-order valence-corrected chi connectivity index (χ4v) is 4.21. The monoisotopic (exact) mass is 471 g/mol. The fourth-order valence-electron chi connectivity index (χ4n) is 3.26. The number of nitrogens with zero attached hydrogens (tertiary/aromatic N) is 2. The Hall–Kier alpha value is -2.24. The zero-order chi connectivity index (χ0) is 23.0. The molecule has 1 atom stereocenters. The summed E-state index contributed by atoms with van der Waals surface area (Å²) in [5.74, 6) is -1.11. The molecule has 2 rings (SSSR count). The lowest BCUT2D eigenvalue weighted by Gasteiger charge is -2.27. The second kappa shape index (κ2) is 11.4. The topological polar surface area (TPSA) is 105 Å². The Labute approximate surface area is 188 Å². The number of sulfone groups is 1. The van der Waals surface area contributed by atoms with E-state index in [1.807, 2.05) is 17.0 Å². The van der Waals surface area contributed by atoms with Crippen molar-refractivity contribution in [3.63, 3.8) is 0 Å². The van der Waals surface area contributed by atoms with Crippen LogP contribution in [0, 0.1) is 0 Å². The quantitative estimate of drug-likeness (QED) is 0.448. The molecule has 0 saturated carbocycles. The van der Waals surface area contributed by atoms with Gasteiger partial charge in [-0.25, -0.2) is 13.2 Å². The first-order chi connectivity index (χ1) is 14.6. The SMILES string of the molecule is COC(=O)CC(NC(=S)N1CCCN(Cc2ccc(S(C)(=O)=O)cc2)CC1)C(=O)OC. The van der Waals surface area contributed by atoms with Crippen molar-refractivity contribution in [1.82, 2.24) is 15.1 Å². The summed E-state index contributed by atoms with van der Waals surface area (Å²) in [6.45, 7) is 3.66. The van der Waals surface area contributed by atoms with Crippen LogP contribution in [0.15, 0.2) is 29.2 Å². The maximum absolute atomic E-state index is 12.0. The molecule has 0 bridgehead atoms. The van der Waals surface area contributed by atoms with Gasteiger partial charge in [0, 0.05) is 39.0 Å². The van der Waals surface area contributed by atoms with E-state index in [4.69, 9.17) is 17.0 Å². The van der Waals surface area contributed by atoms with E-state index in [1.165, 1.54) is 20.5 Å². The highest BCUT2D eigenvalue weighted by atomic mass is 32.2. The lowest BCUT2D eigenvalue weighted by molar-refractivity contribution is -0.149. The van der Waals surface area contributed by atoms with Crippen molar-refractivity contribution in [1.29, 1.82) is 0 Å². The summed E-state index contributed by atoms with van der Waals surface area (Å²) in [6.07, 6.45) is 1.88. The predicted octanol–water partition coefficient (Wildman–Crippen LogP) is 0.577. The number of ether oxygens (including phenoxy) is 2. The highest BCUT2D eigenvalue weighted by molar-refractivity contribution is 7.90. The number of carbonyl (C=O) groups excluding carboxylic acids is 2. The largest absolute Gasteiger partial charge is 0.469 e. The van der Waals surface area contributed by atoms with Gasteiger partial charge in [0.25, 0.3) is 0 Å². The van der Waals surface area contributed by atoms with Crippen molar-refractivity contribution in [2.45, 2.75) is 30.3 Å². The van der Waals surface area contributed by atoms with Gasteiger partial charge in [-0.1, -0.05) is 12.1 Å². The van der Waals surface area contributed by atoms with Gasteiger partial charge in [-0.05, 0) is 36.3 Å². The van der Waals surface area contributed by atoms with E-state index in [0.29, 0.717) is 29.6 Å². The van der Waals surface area contributed by atoms with Crippen LogP contribution in [0.5, 0.6) is 0 Å². The Morgan fingerprint density at radius 2 is 1.77 bits per heavy atom. The van der Waals surface area contributed by atoms with E-state index in [9.17, 15) is 18.0 Å². The van der Waals surface area contributed by atoms with Crippen molar-refractivity contribution in [2.75, 3.05) is 46.7 Å². The van der Waals surface area contributed by atoms with Crippen LogP contribution >= 0.6 is 12.2 Å². The Bertz CT molecular complexity index is 889. The number of hydrogen-bond donors (Lipinski definition) is 1. The summed E-state index contributed by atoms with van der Waals surface area (Å²) in [5.41, 5.74) is 1.03. The van der Waals surface area contributed by atoms with Crippen molar-refractivity contribution in [3.8, 4) is 0 Å². The molecule has 0 aliphatic carbocycles. The second-order valence-corrected chi connectivity index (χ2v) is 9.74. The third-order valence-corrected chi connectivity index (χ3v) is 6.52. The van der Waals surface area contributed by atoms with Crippen LogP contribution in [0.3, 0.4) is 0 Å². The van der Waals surface area contributed by atoms with Crippen LogP contribution in [0.4, 0.5) is 0 Å². The van der Waals surface area contributed by atoms with Crippen molar-refractivity contribution in [2.24, 2.45) is 0 Å². The van der Waals surface area contributed by atoms with Gasteiger partial charge in [0.2, 0.25) is 0 Å². The number of esters is 2. The number of nitrogens with one attached hydrogen (secondary N) is 1. The van der Waals surface area contributed by atoms with Gasteiger partial charge >= 0.3 is 11.9 Å². The van der Waals surface area contributed by atoms with E-state index >= 15 is 0 Å². The van der Waals surface area contributed by atoms with Crippen molar-refractivity contribution >= 4 is 39.1 Å². The summed E-state index contributed by atoms with van der Waals surface area (Å²) < 4.78 is 32.6. The predicted molar refractivity (Wildman–Crippen MR) is 119 cm³/mol. The van der Waals surface area contributed by atoms with E-state index < -0.39 is 27.8 Å². The molecule has 1 unspecified atom stereocenters. The van der Waals surface area contributed by atoms with Gasteiger partial charge in [0.1, 0.15) is 6.04 Å². The average molecular weight is 472 g/mol. The lowest BCUT2D eigenvalue weighted by Crippen LogP contribution is -2.49. The smallest absolute Gasteiger partial charge is 0.328 e. The molecule has 0 spiro atoms. The van der Waals surface area contributed by atoms with E-state index in [-0.39, 0.29) is 6.42 Å². The first-order valence-electron chi connectivity index (χ1n) is 9.85. The van der Waals surface area contributed by atoms with Gasteiger partial charge in [-0.3, -0.25) is 9.69 Å². The number of methoxy groups -OCH3 is 2. The van der Waals surface area contributed by atoms with E-state index in [1.54, 1.807) is 12.1 Å². The third kappa shape index (κ3) is 7.75. The normalized spacial score (nSPS) is 16.2. The van der Waals surface area contributed by atoms with Crippen LogP contribution in [-0.2, 0) is 35.4 Å². The Morgan fingerprint density at radius 1 is 1.10 bits per heavy atom. The molecule has 0 aromatic heterocycles. The van der Waals surface area contributed by atoms with Crippen molar-refractivity contribution in [3.05, 3.63) is 29.8 Å². The van der Waals surface area contributed by atoms with Gasteiger partial charge in [0.15, 0.2) is 14.9 Å². The minimum absolute atomic E-state index is 0.174. The van der Waals surface area contributed by atoms with Crippen LogP contribution in [0.25, 0.3) is 0 Å². The maximum Gasteiger partial charge on any atom is 0.328 e. The van der Waals surface area contributed by atoms with E-state index in [2.05, 4.69) is 15.0 Å². The summed E-state index contributed by atoms with van der Waals surface area (Å²) in [7, 11) is -0.696. The molecule has 0 radical (unpaired) electrons. The van der Waals surface area contributed by atoms with Gasteiger partial charge in [0.05, 0.1) is 25.5 Å². The standard InChI is InChI=1S/C20H29N3O6S2/c1-28-18(24)13-17(19(25)29-2)21-20(30)23-10-4-9-22(11-12-23)14-15-5-7-16(8-6-15)31(3,26)27/h5-8,17H,4,9-14H2,1-3H3,(H,21,30). The van der Waals surface area contributed by atoms with Crippen LogP contribution in [0.2, 0.25) is 0 Å². The first kappa shape index (κ1) is 25.0. The number of rotatable bonds is 7. The molecule has 172 valence electrons. The third-order valence-electron chi connectivity index (χ3n) is 5.02. The molecule has 1 aromatic rings. The van der Waals surface area contributed by atoms with Crippen molar-refractivity contribution < 1.29 is 27.5 Å². The fraction of sp³-hybridized carbons (Fsp3) is 0.550. The van der Waals surface area contributed by atoms with Gasteiger partial charge in [-0.2, -0.15) is 0 Å². The molecule has 31 heavy (non-hydrogen) atoms. The molecule has 1 aliphatic rings. The second-order valence-electron chi connectivity index (χ2n) is 7.34. The Morgan fingerprint density at radius 3 is 2.35 bits per heavy atom. The number of benzene rings is 1. The van der Waals surface area contributed by atoms with Gasteiger partial charge in [-0.15, -0.1) is 0 Å². The molecular weight excluding hydrogens is 442 g/mol. The highest BCUT2D eigenvalue weighted by Gasteiger charge is 2.26. The minimum atomic E-state index is -3.21. The molecular formula is C20H29N3O6S2. The summed E-state index contributed by atoms with van der Waals surface area (Å²) in [4.78, 5) is 28.1. The summed E-state index contributed by atoms with van der Waals surface area (Å²) in [6, 6.07) is 6.01. The zero-order valence-electron chi connectivity index (χ0n) is 18.0. The molecule has 1 fully saturated rings. The molecule has 1 aliphatic heterocycles. The molecule has 9 nitrogen and oxygen atoms in total. The minimum Gasteiger partial charge on any atom is -0.469 e. The maximum atomic E-state index is 12.0. The molecule has 1 N–H and O–H groups in total. The van der Waals surface area contributed by atoms with E-state index in [0.717, 1.165) is 25.1 Å². The average Bonchev–Trinajstić information content (AvgIpc) is 2.97. The highest BCUT2D eigenvalue weighted by Crippen LogP contribution is 2.14. The summed E-state index contributed by atoms with van der Waals surface area (Å²) in [5, 5.41) is 3.31. The summed E-state index contributed by atoms with van der Waals surface area (Å²) >= 11 is 5.46. The van der Waals surface area contributed by atoms with Crippen LogP contribution < -0.4 is 5.32 Å². The zero-order valence-corrected chi connectivity index (χ0v) is 19.6. The number of carbonyl (C=O) groups is 2. The van der Waals surface area contributed by atoms with Crippen LogP contribution in [0.1, 0.15) is 18.4 Å². The van der Waals surface area contributed by atoms with Gasteiger partial charge < -0.3 is 19.7 Å². The Balaban J connectivity index is 1.93. The first-order valence-corrected chi connectivity index (χ1v) is 12.2. The van der Waals surface area contributed by atoms with Crippen LogP contribution in [-0.4, -0.2) is 88.0 Å². The molecule has 0 amide bonds. The number of hydrogen-bond acceptors (Lipinski definition) is 8.